The molecule has 2 aromatic heterocycles. The number of hydrogen-bond donors (Lipinski definition) is 2. The van der Waals surface area contributed by atoms with Gasteiger partial charge in [-0.2, -0.15) is 13.2 Å². The van der Waals surface area contributed by atoms with Crippen molar-refractivity contribution in [1.29, 1.82) is 0 Å². The minimum Gasteiger partial charge on any atom is -0.380 e. The number of halogens is 3. The van der Waals surface area contributed by atoms with Crippen molar-refractivity contribution in [3.8, 4) is 0 Å². The normalized spacial score (nSPS) is 30.8. The fourth-order valence-electron chi connectivity index (χ4n) is 7.64. The largest absolute Gasteiger partial charge is 0.418 e. The highest BCUT2D eigenvalue weighted by atomic mass is 19.4. The molecule has 0 bridgehead atoms. The average Bonchev–Trinajstić information content (AvgIpc) is 3.38. The Morgan fingerprint density at radius 2 is 1.87 bits per heavy atom. The maximum absolute atomic E-state index is 14.2. The van der Waals surface area contributed by atoms with E-state index in [1.807, 2.05) is 0 Å². The SMILES string of the molecule is CN1CNNC1CC1(C2CCCC(n3cc4c(C(F)(F)F)cc(CN5CC6(COC6)C5)cn4c3=O)C2)COC1. The van der Waals surface area contributed by atoms with Gasteiger partial charge in [-0.25, -0.2) is 15.6 Å². The van der Waals surface area contributed by atoms with Crippen LogP contribution in [0, 0.1) is 16.7 Å². The molecule has 6 heterocycles. The van der Waals surface area contributed by atoms with E-state index >= 15 is 0 Å². The average molecular weight is 551 g/mol. The number of nitrogens with one attached hydrogen (secondary N) is 2. The first-order chi connectivity index (χ1) is 18.6. The Bertz CT molecular complexity index is 1290. The number of hydrazine groups is 1. The van der Waals surface area contributed by atoms with Crippen LogP contribution in [0.4, 0.5) is 13.2 Å². The highest BCUT2D eigenvalue weighted by Crippen LogP contribution is 2.49. The van der Waals surface area contributed by atoms with Gasteiger partial charge in [0.2, 0.25) is 0 Å². The predicted octanol–water partition coefficient (Wildman–Crippen LogP) is 2.41. The summed E-state index contributed by atoms with van der Waals surface area (Å²) in [6, 6.07) is 1.10. The number of aromatic nitrogens is 2. The molecule has 4 aliphatic heterocycles. The van der Waals surface area contributed by atoms with Crippen molar-refractivity contribution in [1.82, 2.24) is 29.6 Å². The molecule has 4 saturated heterocycles. The molecular weight excluding hydrogens is 513 g/mol. The number of alkyl halides is 3. The molecule has 2 aromatic rings. The summed E-state index contributed by atoms with van der Waals surface area (Å²) in [6.07, 6.45) is 3.22. The van der Waals surface area contributed by atoms with Crippen LogP contribution in [0.1, 0.15) is 49.3 Å². The lowest BCUT2D eigenvalue weighted by atomic mass is 9.64. The van der Waals surface area contributed by atoms with Crippen molar-refractivity contribution in [3.63, 3.8) is 0 Å². The maximum Gasteiger partial charge on any atom is 0.418 e. The first kappa shape index (κ1) is 26.0. The Morgan fingerprint density at radius 3 is 2.49 bits per heavy atom. The van der Waals surface area contributed by atoms with Gasteiger partial charge in [-0.05, 0) is 50.3 Å². The van der Waals surface area contributed by atoms with Crippen LogP contribution in [0.5, 0.6) is 0 Å². The van der Waals surface area contributed by atoms with Crippen LogP contribution < -0.4 is 16.5 Å². The first-order valence-corrected chi connectivity index (χ1v) is 14.0. The van der Waals surface area contributed by atoms with Crippen molar-refractivity contribution in [3.05, 3.63) is 40.1 Å². The molecule has 5 aliphatic rings. The molecule has 0 radical (unpaired) electrons. The Balaban J connectivity index is 1.16. The van der Waals surface area contributed by atoms with Crippen LogP contribution in [0.15, 0.2) is 23.3 Å². The smallest absolute Gasteiger partial charge is 0.380 e. The van der Waals surface area contributed by atoms with Crippen molar-refractivity contribution in [2.24, 2.45) is 16.7 Å². The number of imidazole rings is 1. The topological polar surface area (TPSA) is 75.4 Å². The third kappa shape index (κ3) is 4.43. The predicted molar refractivity (Wildman–Crippen MR) is 137 cm³/mol. The van der Waals surface area contributed by atoms with Gasteiger partial charge in [-0.1, -0.05) is 6.42 Å². The minimum atomic E-state index is -4.55. The number of hydrogen-bond acceptors (Lipinski definition) is 7. The van der Waals surface area contributed by atoms with E-state index in [1.165, 1.54) is 16.7 Å². The standard InChI is InChI=1S/C27H37F3N6O3/c1-33-17-31-32-23(33)7-26(15-39-16-26)19-3-2-4-20(6-19)35-10-22-21(27(28,29)30)5-18(9-36(22)24(35)37)8-34-11-25(12-34)13-38-14-25/h5,9-10,19-20,23,31-32H,2-4,6-8,11-17H2,1H3. The lowest BCUT2D eigenvalue weighted by Crippen LogP contribution is -2.65. The summed E-state index contributed by atoms with van der Waals surface area (Å²) in [5.74, 6) is 0.350. The molecule has 0 amide bonds. The first-order valence-electron chi connectivity index (χ1n) is 14.0. The van der Waals surface area contributed by atoms with E-state index in [4.69, 9.17) is 9.47 Å². The van der Waals surface area contributed by atoms with Crippen molar-refractivity contribution in [2.75, 3.05) is 53.2 Å². The maximum atomic E-state index is 14.2. The van der Waals surface area contributed by atoms with Gasteiger partial charge >= 0.3 is 11.9 Å². The van der Waals surface area contributed by atoms with E-state index in [1.54, 1.807) is 10.8 Å². The summed E-state index contributed by atoms with van der Waals surface area (Å²) in [4.78, 5) is 18.0. The second kappa shape index (κ2) is 9.28. The van der Waals surface area contributed by atoms with Crippen LogP contribution >= 0.6 is 0 Å². The van der Waals surface area contributed by atoms with Gasteiger partial charge in [-0.15, -0.1) is 0 Å². The van der Waals surface area contributed by atoms with E-state index in [0.717, 1.165) is 65.1 Å². The molecule has 5 fully saturated rings. The summed E-state index contributed by atoms with van der Waals surface area (Å²) in [5.41, 5.74) is 6.06. The molecule has 1 spiro atoms. The van der Waals surface area contributed by atoms with Crippen LogP contribution in [-0.4, -0.2) is 78.2 Å². The molecule has 0 aromatic carbocycles. The molecule has 7 rings (SSSR count). The van der Waals surface area contributed by atoms with Gasteiger partial charge in [-0.3, -0.25) is 18.8 Å². The van der Waals surface area contributed by atoms with Gasteiger partial charge in [0.1, 0.15) is 0 Å². The summed E-state index contributed by atoms with van der Waals surface area (Å²) < 4.78 is 56.5. The van der Waals surface area contributed by atoms with Crippen molar-refractivity contribution in [2.45, 2.75) is 57.0 Å². The number of fused-ring (bicyclic) bond motifs is 1. The van der Waals surface area contributed by atoms with Gasteiger partial charge in [0.15, 0.2) is 0 Å². The summed E-state index contributed by atoms with van der Waals surface area (Å²) in [6.45, 7) is 5.63. The number of rotatable bonds is 6. The number of ether oxygens (including phenoxy) is 2. The molecule has 214 valence electrons. The fourth-order valence-corrected chi connectivity index (χ4v) is 7.64. The third-order valence-electron chi connectivity index (χ3n) is 9.91. The Labute approximate surface area is 225 Å². The van der Waals surface area contributed by atoms with Crippen LogP contribution in [0.25, 0.3) is 5.52 Å². The fraction of sp³-hybridized carbons (Fsp3) is 0.741. The van der Waals surface area contributed by atoms with E-state index in [2.05, 4.69) is 27.7 Å². The highest BCUT2D eigenvalue weighted by Gasteiger charge is 2.50. The lowest BCUT2D eigenvalue weighted by Gasteiger charge is -2.55. The van der Waals surface area contributed by atoms with Crippen molar-refractivity contribution >= 4 is 5.52 Å². The van der Waals surface area contributed by atoms with E-state index < -0.39 is 11.7 Å². The summed E-state index contributed by atoms with van der Waals surface area (Å²) in [7, 11) is 2.08. The molecule has 39 heavy (non-hydrogen) atoms. The van der Waals surface area contributed by atoms with Gasteiger partial charge in [0.25, 0.3) is 0 Å². The molecular formula is C27H37F3N6O3. The van der Waals surface area contributed by atoms with Gasteiger partial charge in [0.05, 0.1) is 50.3 Å². The molecule has 12 heteroatoms. The quantitative estimate of drug-likeness (QED) is 0.572. The summed E-state index contributed by atoms with van der Waals surface area (Å²) >= 11 is 0. The second-order valence-corrected chi connectivity index (χ2v) is 12.8. The molecule has 3 atom stereocenters. The molecule has 1 saturated carbocycles. The van der Waals surface area contributed by atoms with Gasteiger partial charge < -0.3 is 9.47 Å². The zero-order valence-corrected chi connectivity index (χ0v) is 22.3. The Kier molecular flexibility index (Phi) is 6.18. The van der Waals surface area contributed by atoms with Crippen LogP contribution in [0.2, 0.25) is 0 Å². The third-order valence-corrected chi connectivity index (χ3v) is 9.91. The monoisotopic (exact) mass is 550 g/mol. The van der Waals surface area contributed by atoms with Gasteiger partial charge in [0, 0.05) is 48.9 Å². The number of nitrogens with zero attached hydrogens (tertiary/aromatic N) is 4. The highest BCUT2D eigenvalue weighted by molar-refractivity contribution is 5.56. The van der Waals surface area contributed by atoms with E-state index in [-0.39, 0.29) is 34.2 Å². The molecule has 1 aliphatic carbocycles. The number of likely N-dealkylation sites (tertiary alicyclic amines) is 1. The summed E-state index contributed by atoms with van der Waals surface area (Å²) in [5, 5.41) is 0. The second-order valence-electron chi connectivity index (χ2n) is 12.8. The van der Waals surface area contributed by atoms with E-state index in [9.17, 15) is 18.0 Å². The minimum absolute atomic E-state index is 0.0176. The molecule has 9 nitrogen and oxygen atoms in total. The van der Waals surface area contributed by atoms with Crippen LogP contribution in [0.3, 0.4) is 0 Å². The zero-order valence-electron chi connectivity index (χ0n) is 22.3. The van der Waals surface area contributed by atoms with Crippen LogP contribution in [-0.2, 0) is 22.2 Å². The zero-order chi connectivity index (χ0) is 27.0. The van der Waals surface area contributed by atoms with Crippen molar-refractivity contribution < 1.29 is 22.6 Å². The molecule has 2 N–H and O–H groups in total. The Hall–Kier alpha value is -1.96. The lowest BCUT2D eigenvalue weighted by molar-refractivity contribution is -0.191. The Morgan fingerprint density at radius 1 is 1.10 bits per heavy atom. The van der Waals surface area contributed by atoms with E-state index in [0.29, 0.717) is 31.2 Å². The number of pyridine rings is 1. The molecule has 3 unspecified atom stereocenters.